The molecule has 5 heteroatoms. The summed E-state index contributed by atoms with van der Waals surface area (Å²) < 4.78 is 6.67. The van der Waals surface area contributed by atoms with Gasteiger partial charge in [-0.3, -0.25) is 0 Å². The fraction of sp³-hybridized carbons (Fsp3) is 0.636. The Labute approximate surface area is 94.8 Å². The van der Waals surface area contributed by atoms with Gasteiger partial charge in [-0.2, -0.15) is 9.78 Å². The van der Waals surface area contributed by atoms with Crippen LogP contribution in [0, 0.1) is 0 Å². The lowest BCUT2D eigenvalue weighted by Crippen LogP contribution is -2.31. The van der Waals surface area contributed by atoms with Gasteiger partial charge in [-0.25, -0.2) is 4.79 Å². The molecule has 0 fully saturated rings. The molecule has 0 amide bonds. The first kappa shape index (κ1) is 11.1. The van der Waals surface area contributed by atoms with Crippen LogP contribution < -0.4 is 5.32 Å². The van der Waals surface area contributed by atoms with Crippen LogP contribution >= 0.6 is 0 Å². The number of aromatic nitrogens is 2. The fourth-order valence-electron chi connectivity index (χ4n) is 1.71. The lowest BCUT2D eigenvalue weighted by Gasteiger charge is -2.20. The van der Waals surface area contributed by atoms with Crippen molar-refractivity contribution < 1.29 is 9.53 Å². The van der Waals surface area contributed by atoms with E-state index in [0.717, 1.165) is 30.8 Å². The van der Waals surface area contributed by atoms with E-state index in [0.29, 0.717) is 0 Å². The largest absolute Gasteiger partial charge is 0.442 e. The fourth-order valence-corrected chi connectivity index (χ4v) is 1.71. The van der Waals surface area contributed by atoms with Crippen LogP contribution in [0.5, 0.6) is 0 Å². The Hall–Kier alpha value is -1.36. The van der Waals surface area contributed by atoms with E-state index in [1.807, 2.05) is 20.8 Å². The van der Waals surface area contributed by atoms with Crippen LogP contribution in [0.4, 0.5) is 4.79 Å². The van der Waals surface area contributed by atoms with Crippen molar-refractivity contribution in [3.63, 3.8) is 0 Å². The van der Waals surface area contributed by atoms with E-state index in [1.54, 1.807) is 6.20 Å². The summed E-state index contributed by atoms with van der Waals surface area (Å²) in [5.41, 5.74) is 1.56. The number of rotatable bonds is 0. The highest BCUT2D eigenvalue weighted by atomic mass is 16.6. The van der Waals surface area contributed by atoms with Crippen molar-refractivity contribution in [1.29, 1.82) is 0 Å². The van der Waals surface area contributed by atoms with Crippen LogP contribution in [-0.4, -0.2) is 28.0 Å². The van der Waals surface area contributed by atoms with Crippen LogP contribution in [0.3, 0.4) is 0 Å². The number of carbonyl (C=O) groups excluding carboxylic acids is 1. The first-order chi connectivity index (χ1) is 7.47. The molecule has 0 aliphatic carbocycles. The molecular weight excluding hydrogens is 206 g/mol. The van der Waals surface area contributed by atoms with Crippen LogP contribution in [0.2, 0.25) is 0 Å². The second kappa shape index (κ2) is 3.90. The van der Waals surface area contributed by atoms with Gasteiger partial charge in [-0.05, 0) is 20.8 Å². The maximum absolute atomic E-state index is 11.9. The lowest BCUT2D eigenvalue weighted by molar-refractivity contribution is 0.0509. The van der Waals surface area contributed by atoms with Crippen LogP contribution in [0.15, 0.2) is 6.20 Å². The summed E-state index contributed by atoms with van der Waals surface area (Å²) in [6.07, 6.45) is 2.15. The minimum atomic E-state index is -0.483. The number of nitrogens with zero attached hydrogens (tertiary/aromatic N) is 2. The molecule has 2 heterocycles. The van der Waals surface area contributed by atoms with E-state index in [-0.39, 0.29) is 0 Å². The van der Waals surface area contributed by atoms with Gasteiger partial charge in [-0.15, -0.1) is 0 Å². The summed E-state index contributed by atoms with van der Waals surface area (Å²) in [5.74, 6) is 0. The standard InChI is InChI=1S/C11H17N3O2/c1-11(2,3)16-10(15)14-9-4-5-12-6-8(9)7-13-14/h7,12H,4-6H2,1-3H3. The van der Waals surface area contributed by atoms with Gasteiger partial charge in [0.1, 0.15) is 5.60 Å². The molecule has 0 radical (unpaired) electrons. The average molecular weight is 223 g/mol. The molecule has 1 aliphatic rings. The van der Waals surface area contributed by atoms with Gasteiger partial charge in [0.05, 0.1) is 11.9 Å². The van der Waals surface area contributed by atoms with Gasteiger partial charge in [0.25, 0.3) is 0 Å². The Kier molecular flexibility index (Phi) is 2.71. The summed E-state index contributed by atoms with van der Waals surface area (Å²) in [7, 11) is 0. The molecule has 0 unspecified atom stereocenters. The second-order valence-electron chi connectivity index (χ2n) is 4.94. The van der Waals surface area contributed by atoms with Gasteiger partial charge < -0.3 is 10.1 Å². The van der Waals surface area contributed by atoms with Crippen molar-refractivity contribution in [3.8, 4) is 0 Å². The molecule has 0 spiro atoms. The van der Waals surface area contributed by atoms with E-state index in [1.165, 1.54) is 4.68 Å². The molecule has 5 nitrogen and oxygen atoms in total. The molecule has 1 aromatic rings. The zero-order chi connectivity index (χ0) is 11.8. The van der Waals surface area contributed by atoms with E-state index in [2.05, 4.69) is 10.4 Å². The maximum Gasteiger partial charge on any atom is 0.435 e. The van der Waals surface area contributed by atoms with Gasteiger partial charge in [0.15, 0.2) is 0 Å². The monoisotopic (exact) mass is 223 g/mol. The number of hydrogen-bond acceptors (Lipinski definition) is 4. The number of ether oxygens (including phenoxy) is 1. The van der Waals surface area contributed by atoms with Crippen molar-refractivity contribution in [2.45, 2.75) is 39.3 Å². The highest BCUT2D eigenvalue weighted by Crippen LogP contribution is 2.15. The number of nitrogens with one attached hydrogen (secondary N) is 1. The number of fused-ring (bicyclic) bond motifs is 1. The smallest absolute Gasteiger partial charge is 0.435 e. The van der Waals surface area contributed by atoms with Crippen molar-refractivity contribution >= 4 is 6.09 Å². The molecule has 1 aliphatic heterocycles. The highest BCUT2D eigenvalue weighted by Gasteiger charge is 2.23. The van der Waals surface area contributed by atoms with E-state index < -0.39 is 11.7 Å². The first-order valence-electron chi connectivity index (χ1n) is 5.47. The summed E-state index contributed by atoms with van der Waals surface area (Å²) in [4.78, 5) is 11.9. The molecule has 88 valence electrons. The molecule has 0 aromatic carbocycles. The third kappa shape index (κ3) is 2.24. The zero-order valence-corrected chi connectivity index (χ0v) is 9.91. The predicted octanol–water partition coefficient (Wildman–Crippen LogP) is 1.31. The number of carbonyl (C=O) groups is 1. The SMILES string of the molecule is CC(C)(C)OC(=O)n1ncc2c1CCNC2. The number of hydrogen-bond donors (Lipinski definition) is 1. The molecule has 16 heavy (non-hydrogen) atoms. The average Bonchev–Trinajstić information content (AvgIpc) is 2.58. The van der Waals surface area contributed by atoms with Gasteiger partial charge in [-0.1, -0.05) is 0 Å². The van der Waals surface area contributed by atoms with Gasteiger partial charge >= 0.3 is 6.09 Å². The van der Waals surface area contributed by atoms with Crippen molar-refractivity contribution in [3.05, 3.63) is 17.5 Å². The predicted molar refractivity (Wildman–Crippen MR) is 59.3 cm³/mol. The third-order valence-electron chi connectivity index (χ3n) is 2.38. The molecule has 2 rings (SSSR count). The van der Waals surface area contributed by atoms with E-state index >= 15 is 0 Å². The summed E-state index contributed by atoms with van der Waals surface area (Å²) in [6.45, 7) is 7.20. The lowest BCUT2D eigenvalue weighted by atomic mass is 10.1. The Bertz CT molecular complexity index is 404. The van der Waals surface area contributed by atoms with Crippen LogP contribution in [0.1, 0.15) is 32.0 Å². The molecular formula is C11H17N3O2. The normalized spacial score (nSPS) is 15.7. The molecule has 1 aromatic heterocycles. The first-order valence-corrected chi connectivity index (χ1v) is 5.47. The van der Waals surface area contributed by atoms with Crippen LogP contribution in [-0.2, 0) is 17.7 Å². The van der Waals surface area contributed by atoms with E-state index in [9.17, 15) is 4.79 Å². The van der Waals surface area contributed by atoms with Gasteiger partial charge in [0.2, 0.25) is 0 Å². The third-order valence-corrected chi connectivity index (χ3v) is 2.38. The quantitative estimate of drug-likeness (QED) is 0.720. The minimum Gasteiger partial charge on any atom is -0.442 e. The second-order valence-corrected chi connectivity index (χ2v) is 4.94. The van der Waals surface area contributed by atoms with E-state index in [4.69, 9.17) is 4.74 Å². The van der Waals surface area contributed by atoms with Gasteiger partial charge in [0, 0.05) is 25.1 Å². The Balaban J connectivity index is 2.21. The topological polar surface area (TPSA) is 56.2 Å². The minimum absolute atomic E-state index is 0.393. The molecule has 0 saturated heterocycles. The molecule has 0 atom stereocenters. The molecule has 0 saturated carbocycles. The Morgan fingerprint density at radius 2 is 2.31 bits per heavy atom. The van der Waals surface area contributed by atoms with Crippen molar-refractivity contribution in [2.24, 2.45) is 0 Å². The molecule has 1 N–H and O–H groups in total. The summed E-state index contributed by atoms with van der Waals surface area (Å²) in [6, 6.07) is 0. The van der Waals surface area contributed by atoms with Crippen molar-refractivity contribution in [2.75, 3.05) is 6.54 Å². The molecule has 0 bridgehead atoms. The van der Waals surface area contributed by atoms with Crippen LogP contribution in [0.25, 0.3) is 0 Å². The maximum atomic E-state index is 11.9. The summed E-state index contributed by atoms with van der Waals surface area (Å²) >= 11 is 0. The Morgan fingerprint density at radius 3 is 3.00 bits per heavy atom. The van der Waals surface area contributed by atoms with Crippen molar-refractivity contribution in [1.82, 2.24) is 15.1 Å². The Morgan fingerprint density at radius 1 is 1.56 bits per heavy atom. The zero-order valence-electron chi connectivity index (χ0n) is 9.91. The highest BCUT2D eigenvalue weighted by molar-refractivity contribution is 5.71. The summed E-state index contributed by atoms with van der Waals surface area (Å²) in [5, 5.41) is 7.32.